The van der Waals surface area contributed by atoms with Crippen LogP contribution in [0.15, 0.2) is 29.3 Å². The highest BCUT2D eigenvalue weighted by molar-refractivity contribution is 14.0. The van der Waals surface area contributed by atoms with E-state index in [1.165, 1.54) is 37.1 Å². The summed E-state index contributed by atoms with van der Waals surface area (Å²) in [5.41, 5.74) is 2.74. The first-order chi connectivity index (χ1) is 9.81. The Kier molecular flexibility index (Phi) is 6.29. The lowest BCUT2D eigenvalue weighted by Crippen LogP contribution is -2.35. The number of likely N-dealkylation sites (tertiary alicyclic amines) is 1. The zero-order valence-electron chi connectivity index (χ0n) is 12.7. The van der Waals surface area contributed by atoms with Crippen molar-refractivity contribution in [2.75, 3.05) is 33.2 Å². The fourth-order valence-corrected chi connectivity index (χ4v) is 2.87. The molecule has 3 rings (SSSR count). The number of aliphatic imine (C=N–C) groups is 1. The van der Waals surface area contributed by atoms with Gasteiger partial charge in [0.1, 0.15) is 0 Å². The molecule has 0 bridgehead atoms. The minimum absolute atomic E-state index is 0. The number of benzene rings is 1. The molecule has 0 radical (unpaired) electrons. The van der Waals surface area contributed by atoms with Crippen molar-refractivity contribution in [3.05, 3.63) is 35.4 Å². The first kappa shape index (κ1) is 16.5. The van der Waals surface area contributed by atoms with Crippen molar-refractivity contribution in [1.82, 2.24) is 15.1 Å². The molecule has 2 aliphatic rings. The summed E-state index contributed by atoms with van der Waals surface area (Å²) in [7, 11) is 2.08. The Morgan fingerprint density at radius 1 is 1.05 bits per heavy atom. The second-order valence-corrected chi connectivity index (χ2v) is 5.78. The van der Waals surface area contributed by atoms with Gasteiger partial charge >= 0.3 is 0 Å². The third-order valence-corrected chi connectivity index (χ3v) is 4.14. The van der Waals surface area contributed by atoms with Crippen LogP contribution in [0.1, 0.15) is 24.0 Å². The van der Waals surface area contributed by atoms with Crippen molar-refractivity contribution in [1.29, 1.82) is 0 Å². The van der Waals surface area contributed by atoms with Crippen LogP contribution in [0, 0.1) is 0 Å². The average Bonchev–Trinajstić information content (AvgIpc) is 3.10. The van der Waals surface area contributed by atoms with Gasteiger partial charge in [-0.2, -0.15) is 0 Å². The summed E-state index contributed by atoms with van der Waals surface area (Å²) in [6.45, 7) is 6.41. The molecule has 1 aromatic rings. The molecule has 0 spiro atoms. The van der Waals surface area contributed by atoms with Crippen molar-refractivity contribution in [3.63, 3.8) is 0 Å². The van der Waals surface area contributed by atoms with E-state index in [1.54, 1.807) is 0 Å². The first-order valence-corrected chi connectivity index (χ1v) is 7.61. The van der Waals surface area contributed by atoms with E-state index in [9.17, 15) is 0 Å². The Morgan fingerprint density at radius 2 is 1.71 bits per heavy atom. The molecule has 0 saturated carbocycles. The van der Waals surface area contributed by atoms with E-state index in [1.807, 2.05) is 0 Å². The van der Waals surface area contributed by atoms with Gasteiger partial charge in [0.15, 0.2) is 5.96 Å². The average molecular weight is 400 g/mol. The smallest absolute Gasteiger partial charge is 0.194 e. The summed E-state index contributed by atoms with van der Waals surface area (Å²) >= 11 is 0. The van der Waals surface area contributed by atoms with E-state index in [2.05, 4.69) is 51.4 Å². The van der Waals surface area contributed by atoms with Crippen molar-refractivity contribution in [2.45, 2.75) is 25.9 Å². The van der Waals surface area contributed by atoms with Crippen molar-refractivity contribution < 1.29 is 0 Å². The maximum absolute atomic E-state index is 4.44. The molecule has 1 fully saturated rings. The summed E-state index contributed by atoms with van der Waals surface area (Å²) in [5, 5.41) is 3.41. The lowest BCUT2D eigenvalue weighted by molar-refractivity contribution is 0.331. The van der Waals surface area contributed by atoms with Gasteiger partial charge in [-0.1, -0.05) is 24.3 Å². The van der Waals surface area contributed by atoms with E-state index in [4.69, 9.17) is 0 Å². The second-order valence-electron chi connectivity index (χ2n) is 5.78. The largest absolute Gasteiger partial charge is 0.352 e. The molecule has 2 aliphatic heterocycles. The topological polar surface area (TPSA) is 30.9 Å². The van der Waals surface area contributed by atoms with Crippen molar-refractivity contribution >= 4 is 29.9 Å². The number of hydrogen-bond donors (Lipinski definition) is 1. The lowest BCUT2D eigenvalue weighted by Gasteiger charge is -2.16. The monoisotopic (exact) mass is 400 g/mol. The number of hydrogen-bond acceptors (Lipinski definition) is 4. The van der Waals surface area contributed by atoms with Crippen LogP contribution in [0.4, 0.5) is 0 Å². The molecular weight excluding hydrogens is 375 g/mol. The number of likely N-dealkylation sites (N-methyl/N-ethyl adjacent to an activating group) is 1. The summed E-state index contributed by atoms with van der Waals surface area (Å²) in [4.78, 5) is 9.15. The van der Waals surface area contributed by atoms with Gasteiger partial charge in [-0.3, -0.25) is 9.89 Å². The minimum Gasteiger partial charge on any atom is -0.352 e. The third kappa shape index (κ3) is 4.57. The van der Waals surface area contributed by atoms with Gasteiger partial charge in [-0.25, -0.2) is 0 Å². The summed E-state index contributed by atoms with van der Waals surface area (Å²) < 4.78 is 0. The molecule has 1 aromatic carbocycles. The van der Waals surface area contributed by atoms with E-state index < -0.39 is 0 Å². The van der Waals surface area contributed by atoms with Crippen molar-refractivity contribution in [2.24, 2.45) is 4.99 Å². The number of guanidine groups is 1. The van der Waals surface area contributed by atoms with Crippen LogP contribution < -0.4 is 5.32 Å². The maximum Gasteiger partial charge on any atom is 0.194 e. The van der Waals surface area contributed by atoms with Crippen LogP contribution in [0.25, 0.3) is 0 Å². The number of halogens is 1. The fourth-order valence-electron chi connectivity index (χ4n) is 2.87. The van der Waals surface area contributed by atoms with Gasteiger partial charge in [0, 0.05) is 26.7 Å². The number of nitrogens with one attached hydrogen (secondary N) is 1. The summed E-state index contributed by atoms with van der Waals surface area (Å²) in [6.07, 6.45) is 2.72. The van der Waals surface area contributed by atoms with E-state index >= 15 is 0 Å². The highest BCUT2D eigenvalue weighted by Crippen LogP contribution is 2.13. The Balaban J connectivity index is 0.00000161. The zero-order chi connectivity index (χ0) is 13.8. The Labute approximate surface area is 144 Å². The normalized spacial score (nSPS) is 18.5. The summed E-state index contributed by atoms with van der Waals surface area (Å²) in [5.74, 6) is 1.02. The van der Waals surface area contributed by atoms with Gasteiger partial charge in [0.05, 0.1) is 6.54 Å². The van der Waals surface area contributed by atoms with Crippen LogP contribution in [-0.2, 0) is 13.1 Å². The third-order valence-electron chi connectivity index (χ3n) is 4.14. The molecule has 116 valence electrons. The van der Waals surface area contributed by atoms with Crippen LogP contribution >= 0.6 is 24.0 Å². The highest BCUT2D eigenvalue weighted by atomic mass is 127. The number of nitrogens with zero attached hydrogens (tertiary/aromatic N) is 3. The molecule has 0 aliphatic carbocycles. The van der Waals surface area contributed by atoms with Gasteiger partial charge in [0.2, 0.25) is 0 Å². The molecule has 21 heavy (non-hydrogen) atoms. The highest BCUT2D eigenvalue weighted by Gasteiger charge is 2.12. The van der Waals surface area contributed by atoms with Crippen molar-refractivity contribution in [3.8, 4) is 0 Å². The Bertz CT molecular complexity index is 466. The minimum atomic E-state index is 0. The molecule has 1 N–H and O–H groups in total. The first-order valence-electron chi connectivity index (χ1n) is 7.61. The SMILES string of the molecule is CN1CCN=C1NCc1ccc(CN2CCCC2)cc1.I. The molecule has 0 aromatic heterocycles. The van der Waals surface area contributed by atoms with E-state index in [0.29, 0.717) is 0 Å². The predicted octanol–water partition coefficient (Wildman–Crippen LogP) is 2.29. The molecule has 2 heterocycles. The second kappa shape index (κ2) is 7.98. The molecule has 0 amide bonds. The van der Waals surface area contributed by atoms with Crippen LogP contribution in [0.3, 0.4) is 0 Å². The molecule has 5 heteroatoms. The van der Waals surface area contributed by atoms with Crippen LogP contribution in [-0.4, -0.2) is 49.0 Å². The van der Waals surface area contributed by atoms with Gasteiger partial charge in [-0.05, 0) is 37.1 Å². The number of rotatable bonds is 4. The van der Waals surface area contributed by atoms with Gasteiger partial charge in [-0.15, -0.1) is 24.0 Å². The molecule has 0 unspecified atom stereocenters. The van der Waals surface area contributed by atoms with Crippen LogP contribution in [0.2, 0.25) is 0 Å². The quantitative estimate of drug-likeness (QED) is 0.787. The van der Waals surface area contributed by atoms with E-state index in [-0.39, 0.29) is 24.0 Å². The Hall–Kier alpha value is -0.820. The molecule has 4 nitrogen and oxygen atoms in total. The van der Waals surface area contributed by atoms with E-state index in [0.717, 1.165) is 32.1 Å². The maximum atomic E-state index is 4.44. The van der Waals surface area contributed by atoms with Crippen LogP contribution in [0.5, 0.6) is 0 Å². The predicted molar refractivity (Wildman–Crippen MR) is 98.1 cm³/mol. The van der Waals surface area contributed by atoms with Gasteiger partial charge < -0.3 is 10.2 Å². The Morgan fingerprint density at radius 3 is 2.33 bits per heavy atom. The van der Waals surface area contributed by atoms with Gasteiger partial charge in [0.25, 0.3) is 0 Å². The molecule has 0 atom stereocenters. The fraction of sp³-hybridized carbons (Fsp3) is 0.562. The standard InChI is InChI=1S/C16H24N4.HI/c1-19-11-8-17-16(19)18-12-14-4-6-15(7-5-14)13-20-9-2-3-10-20;/h4-7H,2-3,8-13H2,1H3,(H,17,18);1H. The summed E-state index contributed by atoms with van der Waals surface area (Å²) in [6, 6.07) is 8.98. The molecular formula is C16H25IN4. The lowest BCUT2D eigenvalue weighted by atomic mass is 10.1. The molecule has 1 saturated heterocycles. The zero-order valence-corrected chi connectivity index (χ0v) is 15.0.